The number of alkyl carbamates (subject to hydrolysis) is 1. The Balaban J connectivity index is 0.00000480. The summed E-state index contributed by atoms with van der Waals surface area (Å²) in [6, 6.07) is 10.1. The van der Waals surface area contributed by atoms with Gasteiger partial charge >= 0.3 is 6.09 Å². The van der Waals surface area contributed by atoms with Crippen LogP contribution in [0, 0.1) is 6.92 Å². The van der Waals surface area contributed by atoms with Gasteiger partial charge in [0.1, 0.15) is 5.60 Å². The molecule has 1 aromatic carbocycles. The fourth-order valence-electron chi connectivity index (χ4n) is 2.76. The van der Waals surface area contributed by atoms with Gasteiger partial charge in [-0.3, -0.25) is 4.99 Å². The molecule has 0 unspecified atom stereocenters. The first-order valence-electron chi connectivity index (χ1n) is 10.1. The summed E-state index contributed by atoms with van der Waals surface area (Å²) in [5, 5.41) is 14.0. The standard InChI is InChI=1S/C22H34N6O2.HI/c1-16-12-13-28(27-16)18-11-9-8-10-17(18)14-24-19(23-7)25-15-22(5,6)26-20(29)30-21(2,3)4;/h8-13H,14-15H2,1-7H3,(H,26,29)(H2,23,24,25);1H. The van der Waals surface area contributed by atoms with Gasteiger partial charge in [0.2, 0.25) is 0 Å². The predicted octanol–water partition coefficient (Wildman–Crippen LogP) is 3.77. The number of para-hydroxylation sites is 1. The number of guanidine groups is 1. The third kappa shape index (κ3) is 9.16. The normalized spacial score (nSPS) is 12.0. The summed E-state index contributed by atoms with van der Waals surface area (Å²) in [5.41, 5.74) is 2.01. The number of hydrogen-bond donors (Lipinski definition) is 3. The molecular formula is C22H35IN6O2. The van der Waals surface area contributed by atoms with E-state index in [1.165, 1.54) is 0 Å². The van der Waals surface area contributed by atoms with Crippen molar-refractivity contribution in [2.24, 2.45) is 4.99 Å². The Hall–Kier alpha value is -2.30. The van der Waals surface area contributed by atoms with Crippen molar-refractivity contribution >= 4 is 36.0 Å². The Morgan fingerprint density at radius 2 is 1.81 bits per heavy atom. The van der Waals surface area contributed by atoms with Crippen molar-refractivity contribution in [2.75, 3.05) is 13.6 Å². The first kappa shape index (κ1) is 26.7. The highest BCUT2D eigenvalue weighted by atomic mass is 127. The number of amides is 1. The van der Waals surface area contributed by atoms with E-state index >= 15 is 0 Å². The van der Waals surface area contributed by atoms with Crippen LogP contribution in [-0.4, -0.2) is 46.6 Å². The molecule has 0 radical (unpaired) electrons. The van der Waals surface area contributed by atoms with Gasteiger partial charge in [0.15, 0.2) is 5.96 Å². The van der Waals surface area contributed by atoms with Crippen molar-refractivity contribution in [3.8, 4) is 5.69 Å². The van der Waals surface area contributed by atoms with E-state index < -0.39 is 17.2 Å². The summed E-state index contributed by atoms with van der Waals surface area (Å²) in [6.07, 6.45) is 1.51. The summed E-state index contributed by atoms with van der Waals surface area (Å²) in [7, 11) is 1.71. The molecule has 0 fully saturated rings. The molecule has 0 aliphatic carbocycles. The zero-order valence-electron chi connectivity index (χ0n) is 19.4. The van der Waals surface area contributed by atoms with E-state index in [1.54, 1.807) is 7.05 Å². The number of ether oxygens (including phenoxy) is 1. The van der Waals surface area contributed by atoms with Crippen LogP contribution in [0.5, 0.6) is 0 Å². The van der Waals surface area contributed by atoms with E-state index in [0.717, 1.165) is 16.9 Å². The minimum Gasteiger partial charge on any atom is -0.444 e. The quantitative estimate of drug-likeness (QED) is 0.294. The molecule has 3 N–H and O–H groups in total. The van der Waals surface area contributed by atoms with Crippen molar-refractivity contribution in [3.05, 3.63) is 47.8 Å². The second-order valence-electron chi connectivity index (χ2n) is 8.82. The van der Waals surface area contributed by atoms with Gasteiger partial charge in [0.25, 0.3) is 0 Å². The average molecular weight is 542 g/mol. The van der Waals surface area contributed by atoms with E-state index in [-0.39, 0.29) is 24.0 Å². The number of nitrogens with zero attached hydrogens (tertiary/aromatic N) is 3. The monoisotopic (exact) mass is 542 g/mol. The van der Waals surface area contributed by atoms with Gasteiger partial charge in [0, 0.05) is 26.3 Å². The van der Waals surface area contributed by atoms with Gasteiger partial charge in [-0.2, -0.15) is 5.10 Å². The number of aromatic nitrogens is 2. The maximum Gasteiger partial charge on any atom is 0.408 e. The second-order valence-corrected chi connectivity index (χ2v) is 8.82. The van der Waals surface area contributed by atoms with Crippen LogP contribution in [0.15, 0.2) is 41.5 Å². The van der Waals surface area contributed by atoms with Crippen molar-refractivity contribution in [3.63, 3.8) is 0 Å². The number of aliphatic imine (C=N–C) groups is 1. The Morgan fingerprint density at radius 3 is 2.39 bits per heavy atom. The molecule has 9 heteroatoms. The van der Waals surface area contributed by atoms with E-state index in [2.05, 4.69) is 32.1 Å². The van der Waals surface area contributed by atoms with Crippen LogP contribution >= 0.6 is 24.0 Å². The van der Waals surface area contributed by atoms with Crippen molar-refractivity contribution in [1.82, 2.24) is 25.7 Å². The first-order valence-corrected chi connectivity index (χ1v) is 10.1. The molecule has 0 saturated carbocycles. The third-order valence-electron chi connectivity index (χ3n) is 4.17. The highest BCUT2D eigenvalue weighted by molar-refractivity contribution is 14.0. The van der Waals surface area contributed by atoms with Gasteiger partial charge < -0.3 is 20.7 Å². The maximum atomic E-state index is 12.1. The SMILES string of the molecule is CN=C(NCc1ccccc1-n1ccc(C)n1)NCC(C)(C)NC(=O)OC(C)(C)C.I. The predicted molar refractivity (Wildman–Crippen MR) is 135 cm³/mol. The second kappa shape index (κ2) is 11.4. The Bertz CT molecular complexity index is 886. The lowest BCUT2D eigenvalue weighted by atomic mass is 10.1. The minimum absolute atomic E-state index is 0. The summed E-state index contributed by atoms with van der Waals surface area (Å²) in [6.45, 7) is 12.4. The molecule has 172 valence electrons. The maximum absolute atomic E-state index is 12.1. The minimum atomic E-state index is -0.536. The van der Waals surface area contributed by atoms with Crippen molar-refractivity contribution < 1.29 is 9.53 Å². The zero-order valence-corrected chi connectivity index (χ0v) is 21.8. The van der Waals surface area contributed by atoms with Gasteiger partial charge in [-0.1, -0.05) is 18.2 Å². The first-order chi connectivity index (χ1) is 14.0. The zero-order chi connectivity index (χ0) is 22.4. The Labute approximate surface area is 202 Å². The van der Waals surface area contributed by atoms with Crippen LogP contribution in [0.4, 0.5) is 4.79 Å². The van der Waals surface area contributed by atoms with Crippen LogP contribution in [0.25, 0.3) is 5.69 Å². The number of carbonyl (C=O) groups excluding carboxylic acids is 1. The van der Waals surface area contributed by atoms with E-state index in [1.807, 2.05) is 76.7 Å². The fourth-order valence-corrected chi connectivity index (χ4v) is 2.76. The lowest BCUT2D eigenvalue weighted by molar-refractivity contribution is 0.0474. The van der Waals surface area contributed by atoms with Gasteiger partial charge in [-0.15, -0.1) is 24.0 Å². The Kier molecular flexibility index (Phi) is 9.79. The molecule has 8 nitrogen and oxygen atoms in total. The summed E-state index contributed by atoms with van der Waals surface area (Å²) >= 11 is 0. The summed E-state index contributed by atoms with van der Waals surface area (Å²) < 4.78 is 7.21. The van der Waals surface area contributed by atoms with Gasteiger partial charge in [-0.25, -0.2) is 9.48 Å². The van der Waals surface area contributed by atoms with Crippen LogP contribution in [0.2, 0.25) is 0 Å². The molecule has 31 heavy (non-hydrogen) atoms. The number of nitrogens with one attached hydrogen (secondary N) is 3. The lowest BCUT2D eigenvalue weighted by Gasteiger charge is -2.29. The van der Waals surface area contributed by atoms with Gasteiger partial charge in [0.05, 0.1) is 16.9 Å². The molecular weight excluding hydrogens is 507 g/mol. The van der Waals surface area contributed by atoms with Crippen LogP contribution in [0.1, 0.15) is 45.9 Å². The topological polar surface area (TPSA) is 92.6 Å². The number of hydrogen-bond acceptors (Lipinski definition) is 4. The van der Waals surface area contributed by atoms with Crippen LogP contribution in [-0.2, 0) is 11.3 Å². The molecule has 0 atom stereocenters. The molecule has 2 rings (SSSR count). The van der Waals surface area contributed by atoms with E-state index in [0.29, 0.717) is 19.0 Å². The molecule has 0 spiro atoms. The molecule has 1 aromatic heterocycles. The lowest BCUT2D eigenvalue weighted by Crippen LogP contribution is -2.54. The number of carbonyl (C=O) groups is 1. The molecule has 1 heterocycles. The highest BCUT2D eigenvalue weighted by Crippen LogP contribution is 2.14. The largest absolute Gasteiger partial charge is 0.444 e. The van der Waals surface area contributed by atoms with Crippen LogP contribution in [0.3, 0.4) is 0 Å². The fraction of sp³-hybridized carbons (Fsp3) is 0.500. The highest BCUT2D eigenvalue weighted by Gasteiger charge is 2.24. The van der Waals surface area contributed by atoms with E-state index in [9.17, 15) is 4.79 Å². The average Bonchev–Trinajstić information content (AvgIpc) is 3.06. The molecule has 0 aliphatic rings. The molecule has 0 aliphatic heterocycles. The number of benzene rings is 1. The number of rotatable bonds is 6. The van der Waals surface area contributed by atoms with Crippen molar-refractivity contribution in [2.45, 2.75) is 59.2 Å². The molecule has 1 amide bonds. The van der Waals surface area contributed by atoms with E-state index in [4.69, 9.17) is 4.74 Å². The summed E-state index contributed by atoms with van der Waals surface area (Å²) in [4.78, 5) is 16.3. The third-order valence-corrected chi connectivity index (χ3v) is 4.17. The smallest absolute Gasteiger partial charge is 0.408 e. The van der Waals surface area contributed by atoms with Crippen LogP contribution < -0.4 is 16.0 Å². The molecule has 0 bridgehead atoms. The van der Waals surface area contributed by atoms with Crippen molar-refractivity contribution in [1.29, 1.82) is 0 Å². The number of halogens is 1. The number of aryl methyl sites for hydroxylation is 1. The molecule has 2 aromatic rings. The summed E-state index contributed by atoms with van der Waals surface area (Å²) in [5.74, 6) is 0.639. The van der Waals surface area contributed by atoms with Gasteiger partial charge in [-0.05, 0) is 59.2 Å². The Morgan fingerprint density at radius 1 is 1.13 bits per heavy atom. The molecule has 0 saturated heterocycles.